The fraction of sp³-hybridized carbons (Fsp3) is 0.429. The Kier molecular flexibility index (Phi) is 7.26. The molecule has 0 amide bonds. The zero-order valence-electron chi connectivity index (χ0n) is 12.7. The summed E-state index contributed by atoms with van der Waals surface area (Å²) in [5, 5.41) is 10.7. The highest BCUT2D eigenvalue weighted by Crippen LogP contribution is 2.38. The fourth-order valence-corrected chi connectivity index (χ4v) is 2.31. The van der Waals surface area contributed by atoms with Crippen LogP contribution in [0.2, 0.25) is 0 Å². The van der Waals surface area contributed by atoms with E-state index in [2.05, 4.69) is 0 Å². The van der Waals surface area contributed by atoms with Crippen LogP contribution in [0.3, 0.4) is 0 Å². The predicted octanol–water partition coefficient (Wildman–Crippen LogP) is 3.89. The third-order valence-electron chi connectivity index (χ3n) is 2.89. The van der Waals surface area contributed by atoms with Gasteiger partial charge >= 0.3 is 11.9 Å². The smallest absolute Gasteiger partial charge is 0.303 e. The predicted molar refractivity (Wildman–Crippen MR) is 88.1 cm³/mol. The number of halogens is 3. The van der Waals surface area contributed by atoms with Crippen LogP contribution >= 0.6 is 34.8 Å². The minimum absolute atomic E-state index is 0.127. The van der Waals surface area contributed by atoms with Gasteiger partial charge in [0.2, 0.25) is 3.79 Å². The van der Waals surface area contributed by atoms with E-state index in [-0.39, 0.29) is 12.1 Å². The van der Waals surface area contributed by atoms with Crippen molar-refractivity contribution in [2.75, 3.05) is 0 Å². The maximum absolute atomic E-state index is 11.3. The Labute approximate surface area is 152 Å². The van der Waals surface area contributed by atoms with Crippen LogP contribution in [-0.4, -0.2) is 26.8 Å². The molecule has 0 aromatic heterocycles. The average molecular weight is 399 g/mol. The summed E-state index contributed by atoms with van der Waals surface area (Å²) in [5.74, 6) is -1.28. The largest absolute Gasteiger partial charge is 0.458 e. The Balaban J connectivity index is 3.08. The Morgan fingerprint density at radius 1 is 1.12 bits per heavy atom. The molecule has 132 valence electrons. The van der Waals surface area contributed by atoms with Gasteiger partial charge in [-0.05, 0) is 17.7 Å². The number of nitro benzene ring substituents is 1. The van der Waals surface area contributed by atoms with Gasteiger partial charge in [0.15, 0.2) is 6.10 Å². The SMILES string of the molecule is CC(=O)O[C@@H](C[C@@H](OC(C)=O)c1ccc([N+](=O)[O-])cc1)C(Cl)(Cl)Cl. The quantitative estimate of drug-likeness (QED) is 0.312. The van der Waals surface area contributed by atoms with Crippen LogP contribution < -0.4 is 0 Å². The summed E-state index contributed by atoms with van der Waals surface area (Å²) < 4.78 is 8.20. The number of ether oxygens (including phenoxy) is 2. The molecule has 1 rings (SSSR count). The van der Waals surface area contributed by atoms with Crippen molar-refractivity contribution < 1.29 is 24.0 Å². The van der Waals surface area contributed by atoms with E-state index in [4.69, 9.17) is 44.3 Å². The molecule has 0 N–H and O–H groups in total. The van der Waals surface area contributed by atoms with E-state index in [1.807, 2.05) is 0 Å². The zero-order valence-corrected chi connectivity index (χ0v) is 15.0. The summed E-state index contributed by atoms with van der Waals surface area (Å²) in [7, 11) is 0. The lowest BCUT2D eigenvalue weighted by atomic mass is 10.0. The van der Waals surface area contributed by atoms with Crippen LogP contribution in [-0.2, 0) is 19.1 Å². The maximum Gasteiger partial charge on any atom is 0.303 e. The lowest BCUT2D eigenvalue weighted by Gasteiger charge is -2.28. The number of hydrogen-bond acceptors (Lipinski definition) is 6. The van der Waals surface area contributed by atoms with Crippen LogP contribution in [0.1, 0.15) is 31.9 Å². The molecule has 0 heterocycles. The van der Waals surface area contributed by atoms with Crippen molar-refractivity contribution in [3.8, 4) is 0 Å². The van der Waals surface area contributed by atoms with Gasteiger partial charge in [-0.15, -0.1) is 0 Å². The molecular formula is C14H14Cl3NO6. The molecule has 0 unspecified atom stereocenters. The van der Waals surface area contributed by atoms with Crippen LogP contribution in [0, 0.1) is 10.1 Å². The Morgan fingerprint density at radius 2 is 1.62 bits per heavy atom. The Morgan fingerprint density at radius 3 is 2.00 bits per heavy atom. The number of nitro groups is 1. The first-order chi connectivity index (χ1) is 11.0. The fourth-order valence-electron chi connectivity index (χ4n) is 1.91. The van der Waals surface area contributed by atoms with E-state index >= 15 is 0 Å². The van der Waals surface area contributed by atoms with Crippen molar-refractivity contribution in [2.45, 2.75) is 36.3 Å². The van der Waals surface area contributed by atoms with Crippen LogP contribution in [0.5, 0.6) is 0 Å². The third kappa shape index (κ3) is 6.51. The van der Waals surface area contributed by atoms with Gasteiger partial charge < -0.3 is 9.47 Å². The molecule has 24 heavy (non-hydrogen) atoms. The van der Waals surface area contributed by atoms with Crippen molar-refractivity contribution in [3.63, 3.8) is 0 Å². The van der Waals surface area contributed by atoms with Gasteiger partial charge in [0, 0.05) is 32.4 Å². The second kappa shape index (κ2) is 8.50. The van der Waals surface area contributed by atoms with Gasteiger partial charge in [-0.2, -0.15) is 0 Å². The van der Waals surface area contributed by atoms with E-state index in [0.29, 0.717) is 5.56 Å². The van der Waals surface area contributed by atoms with Gasteiger partial charge in [-0.25, -0.2) is 0 Å². The molecule has 0 saturated heterocycles. The Hall–Kier alpha value is -1.57. The highest BCUT2D eigenvalue weighted by molar-refractivity contribution is 6.68. The standard InChI is InChI=1S/C14H14Cl3NO6/c1-8(19)23-12(7-13(14(15,16)17)24-9(2)20)10-3-5-11(6-4-10)18(21)22/h3-6,12-13H,7H2,1-2H3/t12-,13+/m1/s1. The normalized spacial score (nSPS) is 13.7. The summed E-state index contributed by atoms with van der Waals surface area (Å²) in [6, 6.07) is 5.33. The summed E-state index contributed by atoms with van der Waals surface area (Å²) in [6.07, 6.45) is -2.23. The number of carbonyl (C=O) groups excluding carboxylic acids is 2. The number of benzene rings is 1. The molecule has 0 bridgehead atoms. The molecule has 0 radical (unpaired) electrons. The molecule has 1 aromatic carbocycles. The maximum atomic E-state index is 11.3. The first-order valence-electron chi connectivity index (χ1n) is 6.66. The molecule has 7 nitrogen and oxygen atoms in total. The van der Waals surface area contributed by atoms with E-state index in [1.165, 1.54) is 31.2 Å². The first kappa shape index (κ1) is 20.5. The lowest BCUT2D eigenvalue weighted by molar-refractivity contribution is -0.384. The van der Waals surface area contributed by atoms with Crippen LogP contribution in [0.25, 0.3) is 0 Å². The summed E-state index contributed by atoms with van der Waals surface area (Å²) in [6.45, 7) is 2.34. The summed E-state index contributed by atoms with van der Waals surface area (Å²) >= 11 is 17.4. The van der Waals surface area contributed by atoms with Gasteiger partial charge in [-0.3, -0.25) is 19.7 Å². The molecule has 10 heteroatoms. The highest BCUT2D eigenvalue weighted by atomic mass is 35.6. The highest BCUT2D eigenvalue weighted by Gasteiger charge is 2.38. The molecule has 0 aliphatic carbocycles. The molecule has 0 aliphatic heterocycles. The molecule has 0 fully saturated rings. The number of nitrogens with zero attached hydrogens (tertiary/aromatic N) is 1. The lowest BCUT2D eigenvalue weighted by Crippen LogP contribution is -2.33. The van der Waals surface area contributed by atoms with E-state index in [1.54, 1.807) is 0 Å². The molecule has 0 spiro atoms. The Bertz CT molecular complexity index is 614. The van der Waals surface area contributed by atoms with Crippen molar-refractivity contribution in [1.82, 2.24) is 0 Å². The zero-order chi connectivity index (χ0) is 18.5. The first-order valence-corrected chi connectivity index (χ1v) is 7.79. The number of esters is 2. The van der Waals surface area contributed by atoms with Gasteiger partial charge in [0.1, 0.15) is 6.10 Å². The van der Waals surface area contributed by atoms with Gasteiger partial charge in [-0.1, -0.05) is 34.8 Å². The summed E-state index contributed by atoms with van der Waals surface area (Å²) in [5.41, 5.74) is 0.306. The van der Waals surface area contributed by atoms with Crippen molar-refractivity contribution in [1.29, 1.82) is 0 Å². The van der Waals surface area contributed by atoms with Crippen molar-refractivity contribution in [3.05, 3.63) is 39.9 Å². The molecular weight excluding hydrogens is 385 g/mol. The second-order valence-electron chi connectivity index (χ2n) is 4.82. The number of non-ortho nitro benzene ring substituents is 1. The topological polar surface area (TPSA) is 95.7 Å². The van der Waals surface area contributed by atoms with E-state index < -0.39 is 32.9 Å². The van der Waals surface area contributed by atoms with E-state index in [9.17, 15) is 19.7 Å². The third-order valence-corrected chi connectivity index (χ3v) is 3.62. The summed E-state index contributed by atoms with van der Waals surface area (Å²) in [4.78, 5) is 32.6. The minimum atomic E-state index is -1.94. The van der Waals surface area contributed by atoms with Crippen molar-refractivity contribution in [2.24, 2.45) is 0 Å². The molecule has 2 atom stereocenters. The van der Waals surface area contributed by atoms with Crippen LogP contribution in [0.4, 0.5) is 5.69 Å². The molecule has 1 aromatic rings. The van der Waals surface area contributed by atoms with Crippen molar-refractivity contribution >= 4 is 52.4 Å². The minimum Gasteiger partial charge on any atom is -0.458 e. The number of rotatable bonds is 6. The second-order valence-corrected chi connectivity index (χ2v) is 7.19. The van der Waals surface area contributed by atoms with Gasteiger partial charge in [0.05, 0.1) is 4.92 Å². The number of carbonyl (C=O) groups is 2. The number of hydrogen-bond donors (Lipinski definition) is 0. The number of alkyl halides is 3. The molecule has 0 aliphatic rings. The average Bonchev–Trinajstić information content (AvgIpc) is 2.44. The monoisotopic (exact) mass is 397 g/mol. The van der Waals surface area contributed by atoms with Gasteiger partial charge in [0.25, 0.3) is 5.69 Å². The molecule has 0 saturated carbocycles. The van der Waals surface area contributed by atoms with Crippen LogP contribution in [0.15, 0.2) is 24.3 Å². The van der Waals surface area contributed by atoms with E-state index in [0.717, 1.165) is 6.92 Å².